The fourth-order valence-corrected chi connectivity index (χ4v) is 6.75. The SMILES string of the molecule is COc1cc(N2CCC(N3CCN(C(=O)CC4CCN(C(=O)OC(C)(C)C)CC4)CC3)CC2)c(-c2cnn(C)c2)cc1[N+](=O)[O-]. The molecule has 3 fully saturated rings. The third-order valence-corrected chi connectivity index (χ3v) is 9.23. The largest absolute Gasteiger partial charge is 0.490 e. The molecule has 13 heteroatoms. The number of aryl methyl sites for hydroxylation is 1. The van der Waals surface area contributed by atoms with Gasteiger partial charge >= 0.3 is 11.8 Å². The van der Waals surface area contributed by atoms with E-state index in [2.05, 4.69) is 14.9 Å². The molecule has 13 nitrogen and oxygen atoms in total. The molecular formula is C32H47N7O6. The Bertz CT molecular complexity index is 1360. The minimum atomic E-state index is -0.506. The molecule has 2 aromatic rings. The van der Waals surface area contributed by atoms with Crippen LogP contribution in [0.4, 0.5) is 16.2 Å². The maximum Gasteiger partial charge on any atom is 0.410 e. The average molecular weight is 626 g/mol. The van der Waals surface area contributed by atoms with Crippen LogP contribution in [0.3, 0.4) is 0 Å². The lowest BCUT2D eigenvalue weighted by molar-refractivity contribution is -0.385. The van der Waals surface area contributed by atoms with E-state index in [0.717, 1.165) is 81.8 Å². The van der Waals surface area contributed by atoms with Gasteiger partial charge in [-0.1, -0.05) is 0 Å². The van der Waals surface area contributed by atoms with E-state index in [9.17, 15) is 19.7 Å². The Morgan fingerprint density at radius 2 is 1.64 bits per heavy atom. The van der Waals surface area contributed by atoms with Crippen molar-refractivity contribution in [2.24, 2.45) is 13.0 Å². The predicted octanol–water partition coefficient (Wildman–Crippen LogP) is 4.15. The van der Waals surface area contributed by atoms with Crippen LogP contribution < -0.4 is 9.64 Å². The van der Waals surface area contributed by atoms with E-state index >= 15 is 0 Å². The Morgan fingerprint density at radius 1 is 0.978 bits per heavy atom. The van der Waals surface area contributed by atoms with Gasteiger partial charge in [-0.2, -0.15) is 5.10 Å². The number of nitrogens with zero attached hydrogens (tertiary/aromatic N) is 7. The van der Waals surface area contributed by atoms with Crippen molar-refractivity contribution in [1.29, 1.82) is 0 Å². The molecule has 45 heavy (non-hydrogen) atoms. The van der Waals surface area contributed by atoms with Crippen molar-refractivity contribution in [2.45, 2.75) is 64.5 Å². The normalized spacial score (nSPS) is 19.1. The number of piperazine rings is 1. The number of anilines is 1. The van der Waals surface area contributed by atoms with Gasteiger partial charge < -0.3 is 24.2 Å². The van der Waals surface area contributed by atoms with Gasteiger partial charge in [0.1, 0.15) is 5.60 Å². The molecule has 0 unspecified atom stereocenters. The molecule has 0 spiro atoms. The molecule has 3 aliphatic heterocycles. The van der Waals surface area contributed by atoms with Crippen LogP contribution in [0.5, 0.6) is 5.75 Å². The molecule has 5 rings (SSSR count). The van der Waals surface area contributed by atoms with Gasteiger partial charge in [-0.3, -0.25) is 24.5 Å². The van der Waals surface area contributed by atoms with Crippen LogP contribution in [0.2, 0.25) is 0 Å². The zero-order chi connectivity index (χ0) is 32.3. The third kappa shape index (κ3) is 7.86. The van der Waals surface area contributed by atoms with Gasteiger partial charge in [0.2, 0.25) is 5.91 Å². The smallest absolute Gasteiger partial charge is 0.410 e. The molecule has 0 radical (unpaired) electrons. The second kappa shape index (κ2) is 13.6. The number of hydrogen-bond donors (Lipinski definition) is 0. The first kappa shape index (κ1) is 32.5. The lowest BCUT2D eigenvalue weighted by Crippen LogP contribution is -2.54. The second-order valence-electron chi connectivity index (χ2n) is 13.5. The summed E-state index contributed by atoms with van der Waals surface area (Å²) in [5, 5.41) is 16.0. The first-order valence-corrected chi connectivity index (χ1v) is 16.0. The van der Waals surface area contributed by atoms with Crippen LogP contribution in [0.15, 0.2) is 24.5 Å². The average Bonchev–Trinajstić information content (AvgIpc) is 3.46. The Balaban J connectivity index is 1.11. The van der Waals surface area contributed by atoms with Gasteiger partial charge in [0.15, 0.2) is 5.75 Å². The van der Waals surface area contributed by atoms with E-state index in [1.807, 2.05) is 38.9 Å². The minimum absolute atomic E-state index is 0.0614. The molecule has 1 aromatic heterocycles. The number of amides is 2. The van der Waals surface area contributed by atoms with Crippen molar-refractivity contribution in [1.82, 2.24) is 24.5 Å². The molecule has 1 aromatic carbocycles. The highest BCUT2D eigenvalue weighted by molar-refractivity contribution is 5.82. The number of rotatable bonds is 7. The highest BCUT2D eigenvalue weighted by Gasteiger charge is 2.33. The van der Waals surface area contributed by atoms with Crippen LogP contribution in [0.1, 0.15) is 52.9 Å². The van der Waals surface area contributed by atoms with Gasteiger partial charge in [0.05, 0.1) is 18.2 Å². The number of piperidine rings is 2. The number of carbonyl (C=O) groups is 2. The number of benzene rings is 1. The zero-order valence-corrected chi connectivity index (χ0v) is 27.2. The summed E-state index contributed by atoms with van der Waals surface area (Å²) in [5.41, 5.74) is 1.95. The first-order valence-electron chi connectivity index (χ1n) is 16.0. The number of nitro groups is 1. The summed E-state index contributed by atoms with van der Waals surface area (Å²) in [6.45, 7) is 11.7. The molecule has 0 saturated carbocycles. The molecule has 0 bridgehead atoms. The summed E-state index contributed by atoms with van der Waals surface area (Å²) in [6, 6.07) is 3.81. The van der Waals surface area contributed by atoms with Crippen LogP contribution in [0.25, 0.3) is 11.1 Å². The number of nitro benzene ring substituents is 1. The fraction of sp³-hybridized carbons (Fsp3) is 0.656. The monoisotopic (exact) mass is 625 g/mol. The molecule has 246 valence electrons. The van der Waals surface area contributed by atoms with Crippen LogP contribution in [0, 0.1) is 16.0 Å². The van der Waals surface area contributed by atoms with E-state index in [1.54, 1.807) is 27.9 Å². The van der Waals surface area contributed by atoms with E-state index < -0.39 is 10.5 Å². The summed E-state index contributed by atoms with van der Waals surface area (Å²) in [4.78, 5) is 45.4. The summed E-state index contributed by atoms with van der Waals surface area (Å²) >= 11 is 0. The highest BCUT2D eigenvalue weighted by Crippen LogP contribution is 2.41. The Morgan fingerprint density at radius 3 is 2.20 bits per heavy atom. The van der Waals surface area contributed by atoms with Crippen molar-refractivity contribution in [3.63, 3.8) is 0 Å². The van der Waals surface area contributed by atoms with Crippen molar-refractivity contribution in [3.8, 4) is 16.9 Å². The van der Waals surface area contributed by atoms with Gasteiger partial charge in [0.25, 0.3) is 0 Å². The fourth-order valence-electron chi connectivity index (χ4n) is 6.75. The Kier molecular flexibility index (Phi) is 9.85. The summed E-state index contributed by atoms with van der Waals surface area (Å²) in [7, 11) is 3.29. The highest BCUT2D eigenvalue weighted by atomic mass is 16.6. The quantitative estimate of drug-likeness (QED) is 0.329. The van der Waals surface area contributed by atoms with Gasteiger partial charge in [-0.25, -0.2) is 4.79 Å². The third-order valence-electron chi connectivity index (χ3n) is 9.23. The van der Waals surface area contributed by atoms with Crippen molar-refractivity contribution < 1.29 is 24.0 Å². The maximum atomic E-state index is 13.2. The lowest BCUT2D eigenvalue weighted by atomic mass is 9.93. The molecule has 2 amide bonds. The van der Waals surface area contributed by atoms with Crippen LogP contribution >= 0.6 is 0 Å². The van der Waals surface area contributed by atoms with Crippen LogP contribution in [-0.2, 0) is 16.6 Å². The van der Waals surface area contributed by atoms with E-state index in [1.165, 1.54) is 7.11 Å². The van der Waals surface area contributed by atoms with Gasteiger partial charge in [-0.15, -0.1) is 0 Å². The molecule has 0 N–H and O–H groups in total. The standard InChI is InChI=1S/C32H47N7O6/c1-32(2,3)45-31(41)38-10-6-23(7-11-38)18-30(40)37-16-14-35(15-17-37)25-8-12-36(13-9-25)27-20-29(44-5)28(39(42)43)19-26(27)24-21-33-34(4)22-24/h19-23,25H,6-18H2,1-5H3. The van der Waals surface area contributed by atoms with Crippen LogP contribution in [-0.4, -0.2) is 113 Å². The zero-order valence-electron chi connectivity index (χ0n) is 27.2. The van der Waals surface area contributed by atoms with Crippen molar-refractivity contribution in [2.75, 3.05) is 64.4 Å². The Hall–Kier alpha value is -3.87. The lowest BCUT2D eigenvalue weighted by Gasteiger charge is -2.43. The summed E-state index contributed by atoms with van der Waals surface area (Å²) in [5.74, 6) is 0.766. The molecule has 0 aliphatic carbocycles. The predicted molar refractivity (Wildman–Crippen MR) is 170 cm³/mol. The molecule has 3 saturated heterocycles. The molecule has 3 aliphatic rings. The Labute approximate surface area is 265 Å². The second-order valence-corrected chi connectivity index (χ2v) is 13.5. The van der Waals surface area contributed by atoms with E-state index in [0.29, 0.717) is 31.5 Å². The van der Waals surface area contributed by atoms with Gasteiger partial charge in [-0.05, 0) is 52.4 Å². The first-order chi connectivity index (χ1) is 21.4. The molecular weight excluding hydrogens is 578 g/mol. The summed E-state index contributed by atoms with van der Waals surface area (Å²) < 4.78 is 12.6. The van der Waals surface area contributed by atoms with E-state index in [4.69, 9.17) is 9.47 Å². The molecule has 4 heterocycles. The number of methoxy groups -OCH3 is 1. The maximum absolute atomic E-state index is 13.2. The van der Waals surface area contributed by atoms with Gasteiger partial charge in [0, 0.05) is 107 Å². The molecule has 0 atom stereocenters. The minimum Gasteiger partial charge on any atom is -0.490 e. The number of hydrogen-bond acceptors (Lipinski definition) is 9. The number of ether oxygens (including phenoxy) is 2. The summed E-state index contributed by atoms with van der Waals surface area (Å²) in [6.07, 6.45) is 7.46. The van der Waals surface area contributed by atoms with E-state index in [-0.39, 0.29) is 23.4 Å². The topological polar surface area (TPSA) is 127 Å². The number of likely N-dealkylation sites (tertiary alicyclic amines) is 1. The van der Waals surface area contributed by atoms with Crippen molar-refractivity contribution in [3.05, 3.63) is 34.6 Å². The number of carbonyl (C=O) groups excluding carboxylic acids is 2. The number of aromatic nitrogens is 2. The van der Waals surface area contributed by atoms with Crippen molar-refractivity contribution >= 4 is 23.4 Å².